The van der Waals surface area contributed by atoms with E-state index in [0.29, 0.717) is 51.4 Å². The lowest BCUT2D eigenvalue weighted by Gasteiger charge is -2.14. The van der Waals surface area contributed by atoms with Gasteiger partial charge in [0.05, 0.1) is 51.8 Å². The predicted molar refractivity (Wildman–Crippen MR) is 180 cm³/mol. The van der Waals surface area contributed by atoms with E-state index in [1.807, 2.05) is 0 Å². The molecule has 0 aliphatic heterocycles. The minimum Gasteiger partial charge on any atom is -0.494 e. The van der Waals surface area contributed by atoms with Crippen LogP contribution < -0.4 is 20.7 Å². The monoisotopic (exact) mass is 711 g/mol. The highest BCUT2D eigenvalue weighted by Crippen LogP contribution is 2.14. The van der Waals surface area contributed by atoms with Crippen LogP contribution in [0.25, 0.3) is 0 Å². The molecule has 1 aromatic carbocycles. The third-order valence-corrected chi connectivity index (χ3v) is 7.01. The van der Waals surface area contributed by atoms with Gasteiger partial charge in [0.2, 0.25) is 17.7 Å². The molecule has 0 spiro atoms. The van der Waals surface area contributed by atoms with E-state index in [9.17, 15) is 33.9 Å². The number of nitrogens with one attached hydrogen (secondary N) is 3. The van der Waals surface area contributed by atoms with E-state index in [2.05, 4.69) is 16.0 Å². The van der Waals surface area contributed by atoms with Crippen LogP contribution in [0, 0.1) is 0 Å². The molecule has 1 unspecified atom stereocenters. The molecule has 0 radical (unpaired) electrons. The van der Waals surface area contributed by atoms with Gasteiger partial charge < -0.3 is 54.6 Å². The first-order valence-corrected chi connectivity index (χ1v) is 17.0. The fourth-order valence-electron chi connectivity index (χ4n) is 4.36. The molecule has 1 rings (SSSR count). The minimum atomic E-state index is -1.20. The Bertz CT molecular complexity index is 1120. The SMILES string of the molecule is O=CCOCCOCCNC(=O)COCCOCCNC(=O)CCC(NC(=O)CCCCCCCCCOc1ccc(C(=O)O)cc1)C(=O)O. The normalized spacial score (nSPS) is 11.4. The highest BCUT2D eigenvalue weighted by Gasteiger charge is 2.20. The van der Waals surface area contributed by atoms with Crippen LogP contribution in [0.15, 0.2) is 24.3 Å². The average Bonchev–Trinajstić information content (AvgIpc) is 3.09. The first kappa shape index (κ1) is 43.9. The lowest BCUT2D eigenvalue weighted by atomic mass is 10.1. The fraction of sp³-hybridized carbons (Fsp3) is 0.647. The number of aldehydes is 1. The number of ether oxygens (including phenoxy) is 5. The van der Waals surface area contributed by atoms with Crippen LogP contribution in [0.4, 0.5) is 0 Å². The van der Waals surface area contributed by atoms with Crippen molar-refractivity contribution in [1.82, 2.24) is 16.0 Å². The van der Waals surface area contributed by atoms with Gasteiger partial charge in [-0.1, -0.05) is 32.1 Å². The zero-order chi connectivity index (χ0) is 36.7. The zero-order valence-corrected chi connectivity index (χ0v) is 28.7. The molecular formula is C34H53N3O13. The zero-order valence-electron chi connectivity index (χ0n) is 28.7. The van der Waals surface area contributed by atoms with Gasteiger partial charge in [0.1, 0.15) is 31.3 Å². The first-order chi connectivity index (χ1) is 24.2. The van der Waals surface area contributed by atoms with E-state index in [-0.39, 0.29) is 82.1 Å². The van der Waals surface area contributed by atoms with Gasteiger partial charge in [0.15, 0.2) is 0 Å². The lowest BCUT2D eigenvalue weighted by Crippen LogP contribution is -2.41. The number of carboxylic acid groups (broad SMARTS) is 2. The van der Waals surface area contributed by atoms with Crippen LogP contribution in [0.3, 0.4) is 0 Å². The third-order valence-electron chi connectivity index (χ3n) is 7.01. The van der Waals surface area contributed by atoms with Crippen LogP contribution in [-0.4, -0.2) is 125 Å². The Labute approximate surface area is 292 Å². The van der Waals surface area contributed by atoms with Gasteiger partial charge in [-0.25, -0.2) is 9.59 Å². The second-order valence-electron chi connectivity index (χ2n) is 11.1. The van der Waals surface area contributed by atoms with Crippen molar-refractivity contribution < 1.29 is 62.7 Å². The third kappa shape index (κ3) is 24.9. The van der Waals surface area contributed by atoms with Gasteiger partial charge in [-0.05, 0) is 43.5 Å². The number of aromatic carboxylic acids is 1. The van der Waals surface area contributed by atoms with Crippen molar-refractivity contribution in [2.24, 2.45) is 0 Å². The van der Waals surface area contributed by atoms with E-state index in [1.54, 1.807) is 12.1 Å². The molecule has 16 heteroatoms. The molecule has 0 aliphatic rings. The summed E-state index contributed by atoms with van der Waals surface area (Å²) >= 11 is 0. The van der Waals surface area contributed by atoms with E-state index < -0.39 is 18.0 Å². The Hall–Kier alpha value is -4.12. The van der Waals surface area contributed by atoms with Crippen molar-refractivity contribution in [1.29, 1.82) is 0 Å². The molecule has 1 aromatic rings. The van der Waals surface area contributed by atoms with Crippen molar-refractivity contribution in [3.05, 3.63) is 29.8 Å². The topological polar surface area (TPSA) is 225 Å². The van der Waals surface area contributed by atoms with E-state index in [1.165, 1.54) is 12.1 Å². The number of hydrogen-bond donors (Lipinski definition) is 5. The summed E-state index contributed by atoms with van der Waals surface area (Å²) in [5, 5.41) is 26.1. The largest absolute Gasteiger partial charge is 0.494 e. The van der Waals surface area contributed by atoms with Crippen LogP contribution in [0.1, 0.15) is 74.6 Å². The summed E-state index contributed by atoms with van der Waals surface area (Å²) in [6, 6.07) is 5.14. The van der Waals surface area contributed by atoms with Gasteiger partial charge in [-0.2, -0.15) is 0 Å². The molecule has 0 saturated carbocycles. The molecule has 0 fully saturated rings. The van der Waals surface area contributed by atoms with Crippen LogP contribution >= 0.6 is 0 Å². The number of carboxylic acids is 2. The maximum absolute atomic E-state index is 12.3. The highest BCUT2D eigenvalue weighted by molar-refractivity contribution is 5.87. The van der Waals surface area contributed by atoms with Gasteiger partial charge in [0.25, 0.3) is 0 Å². The molecule has 282 valence electrons. The number of amides is 3. The standard InChI is InChI=1S/C34H53N3O13/c38-17-21-48-23-22-46-20-16-36-32(41)26-49-25-24-47-19-15-35-30(39)14-13-29(34(44)45)37-31(40)8-6-4-2-1-3-5-7-18-50-28-11-9-27(10-12-28)33(42)43/h9-12,17,29H,1-8,13-16,18-26H2,(H,35,39)(H,36,41)(H,37,40)(H,42,43)(H,44,45). The molecule has 16 nitrogen and oxygen atoms in total. The van der Waals surface area contributed by atoms with Crippen molar-refractivity contribution >= 4 is 35.9 Å². The number of aliphatic carboxylic acids is 1. The molecule has 0 bridgehead atoms. The predicted octanol–water partition coefficient (Wildman–Crippen LogP) is 1.73. The number of benzene rings is 1. The lowest BCUT2D eigenvalue weighted by molar-refractivity contribution is -0.142. The van der Waals surface area contributed by atoms with Crippen molar-refractivity contribution in [2.75, 3.05) is 72.6 Å². The Kier molecular flexibility index (Phi) is 26.1. The van der Waals surface area contributed by atoms with Crippen LogP contribution in [0.5, 0.6) is 5.75 Å². The second-order valence-corrected chi connectivity index (χ2v) is 11.1. The summed E-state index contributed by atoms with van der Waals surface area (Å²) in [5.41, 5.74) is 0.217. The summed E-state index contributed by atoms with van der Waals surface area (Å²) in [5.74, 6) is -2.56. The maximum Gasteiger partial charge on any atom is 0.335 e. The van der Waals surface area contributed by atoms with E-state index >= 15 is 0 Å². The van der Waals surface area contributed by atoms with Crippen LogP contribution in [-0.2, 0) is 42.9 Å². The van der Waals surface area contributed by atoms with Crippen LogP contribution in [0.2, 0.25) is 0 Å². The summed E-state index contributed by atoms with van der Waals surface area (Å²) in [6.07, 6.45) is 7.13. The number of rotatable bonds is 33. The van der Waals surface area contributed by atoms with Gasteiger partial charge >= 0.3 is 11.9 Å². The quantitative estimate of drug-likeness (QED) is 0.0518. The Morgan fingerprint density at radius 2 is 1.22 bits per heavy atom. The van der Waals surface area contributed by atoms with Crippen molar-refractivity contribution in [3.8, 4) is 5.75 Å². The second kappa shape index (κ2) is 29.8. The number of carbonyl (C=O) groups is 6. The van der Waals surface area contributed by atoms with Crippen molar-refractivity contribution in [2.45, 2.75) is 70.3 Å². The molecule has 5 N–H and O–H groups in total. The minimum absolute atomic E-state index is 0.0241. The van der Waals surface area contributed by atoms with E-state index in [0.717, 1.165) is 38.5 Å². The molecule has 0 aromatic heterocycles. The molecule has 3 amide bonds. The van der Waals surface area contributed by atoms with Gasteiger partial charge in [-0.3, -0.25) is 14.4 Å². The number of carbonyl (C=O) groups excluding carboxylic acids is 4. The average molecular weight is 712 g/mol. The molecule has 0 saturated heterocycles. The Morgan fingerprint density at radius 3 is 1.84 bits per heavy atom. The molecule has 50 heavy (non-hydrogen) atoms. The highest BCUT2D eigenvalue weighted by atomic mass is 16.5. The summed E-state index contributed by atoms with van der Waals surface area (Å²) in [7, 11) is 0. The molecule has 1 atom stereocenters. The smallest absolute Gasteiger partial charge is 0.335 e. The van der Waals surface area contributed by atoms with Gasteiger partial charge in [0, 0.05) is 25.9 Å². The molecule has 0 aliphatic carbocycles. The summed E-state index contributed by atoms with van der Waals surface area (Å²) in [4.78, 5) is 68.6. The molecular weight excluding hydrogens is 658 g/mol. The van der Waals surface area contributed by atoms with Gasteiger partial charge in [-0.15, -0.1) is 0 Å². The fourth-order valence-corrected chi connectivity index (χ4v) is 4.36. The number of hydrogen-bond acceptors (Lipinski definition) is 11. The maximum atomic E-state index is 12.3. The molecule has 0 heterocycles. The Balaban J connectivity index is 1.97. The number of unbranched alkanes of at least 4 members (excludes halogenated alkanes) is 6. The Morgan fingerprint density at radius 1 is 0.640 bits per heavy atom. The van der Waals surface area contributed by atoms with E-state index in [4.69, 9.17) is 28.8 Å². The van der Waals surface area contributed by atoms with Crippen molar-refractivity contribution in [3.63, 3.8) is 0 Å². The summed E-state index contributed by atoms with van der Waals surface area (Å²) in [6.45, 7) is 2.47. The summed E-state index contributed by atoms with van der Waals surface area (Å²) < 4.78 is 26.3. The first-order valence-electron chi connectivity index (χ1n) is 17.0.